The number of hydrogen-bond acceptors (Lipinski definition) is 5. The molecule has 0 unspecified atom stereocenters. The van der Waals surface area contributed by atoms with Gasteiger partial charge in [-0.1, -0.05) is 121 Å². The van der Waals surface area contributed by atoms with Gasteiger partial charge < -0.3 is 14.2 Å². The fourth-order valence-corrected chi connectivity index (χ4v) is 9.40. The molecule has 202 valence electrons. The Hall–Kier alpha value is -3.78. The predicted molar refractivity (Wildman–Crippen MR) is 161 cm³/mol. The Kier molecular flexibility index (Phi) is 8.45. The van der Waals surface area contributed by atoms with Crippen molar-refractivity contribution in [3.05, 3.63) is 127 Å². The van der Waals surface area contributed by atoms with Crippen LogP contribution in [0.1, 0.15) is 19.4 Å². The van der Waals surface area contributed by atoms with Gasteiger partial charge in [0, 0.05) is 0 Å². The van der Waals surface area contributed by atoms with Crippen molar-refractivity contribution in [1.82, 2.24) is 0 Å². The maximum absolute atomic E-state index is 14.6. The topological polar surface area (TPSA) is 68.5 Å². The molecule has 6 heteroatoms. The minimum Gasteiger partial charge on any atom is -0.374 e. The number of carbonyl (C=O) groups is 1. The first kappa shape index (κ1) is 27.8. The van der Waals surface area contributed by atoms with Gasteiger partial charge in [0.2, 0.25) is 5.78 Å². The van der Waals surface area contributed by atoms with Crippen LogP contribution in [0.2, 0.25) is 0 Å². The van der Waals surface area contributed by atoms with Crippen molar-refractivity contribution < 1.29 is 19.0 Å². The number of Topliss-reactive ketones (excluding diaryl/α,β-unsaturated/α-hetero) is 1. The molecule has 4 aromatic carbocycles. The Morgan fingerprint density at radius 3 is 1.68 bits per heavy atom. The van der Waals surface area contributed by atoms with E-state index in [2.05, 4.69) is 6.07 Å². The number of ketones is 1. The second kappa shape index (κ2) is 12.2. The molecular weight excluding hydrogens is 517 g/mol. The molecule has 0 amide bonds. The number of nitrogens with zero attached hydrogens (tertiary/aromatic N) is 1. The fraction of sp³-hybridized carbons (Fsp3) is 0.206. The van der Waals surface area contributed by atoms with Crippen molar-refractivity contribution in [1.29, 1.82) is 5.26 Å². The van der Waals surface area contributed by atoms with E-state index in [9.17, 15) is 10.1 Å². The van der Waals surface area contributed by atoms with Gasteiger partial charge in [-0.15, -0.1) is 0 Å². The number of carbonyl (C=O) groups excluding carboxylic acids is 1. The van der Waals surface area contributed by atoms with Crippen LogP contribution in [0.4, 0.5) is 0 Å². The quantitative estimate of drug-likeness (QED) is 0.276. The van der Waals surface area contributed by atoms with Gasteiger partial charge in [0.25, 0.3) is 0 Å². The smallest absolute Gasteiger partial charge is 0.205 e. The molecule has 5 rings (SSSR count). The molecule has 0 N–H and O–H groups in total. The van der Waals surface area contributed by atoms with E-state index in [4.69, 9.17) is 14.2 Å². The van der Waals surface area contributed by atoms with Crippen LogP contribution in [-0.2, 0) is 25.6 Å². The Balaban J connectivity index is 1.65. The first-order valence-corrected chi connectivity index (χ1v) is 15.1. The summed E-state index contributed by atoms with van der Waals surface area (Å²) < 4.78 is 18.4. The summed E-state index contributed by atoms with van der Waals surface area (Å²) in [6, 6.07) is 41.8. The van der Waals surface area contributed by atoms with Crippen LogP contribution >= 0.6 is 6.89 Å². The molecule has 0 saturated carbocycles. The SMILES string of the molecule is CC1(C)O[C@H](COCc2ccccc2)[C@H](C(=O)C(C#N)=P(c2ccccc2)(c2ccccc2)c2ccccc2)O1. The third-order valence-corrected chi connectivity index (χ3v) is 11.2. The lowest BCUT2D eigenvalue weighted by molar-refractivity contribution is -0.155. The van der Waals surface area contributed by atoms with Crippen molar-refractivity contribution >= 4 is 33.9 Å². The summed E-state index contributed by atoms with van der Waals surface area (Å²) >= 11 is 0. The van der Waals surface area contributed by atoms with E-state index in [0.717, 1.165) is 21.5 Å². The molecule has 5 nitrogen and oxygen atoms in total. The Morgan fingerprint density at radius 2 is 1.23 bits per heavy atom. The van der Waals surface area contributed by atoms with E-state index in [1.54, 1.807) is 13.8 Å². The van der Waals surface area contributed by atoms with Crippen LogP contribution in [0.5, 0.6) is 0 Å². The first-order valence-electron chi connectivity index (χ1n) is 13.3. The molecule has 0 aromatic heterocycles. The van der Waals surface area contributed by atoms with Gasteiger partial charge in [0.05, 0.1) is 13.2 Å². The summed E-state index contributed by atoms with van der Waals surface area (Å²) in [5.41, 5.74) is 1.02. The van der Waals surface area contributed by atoms with E-state index >= 15 is 0 Å². The highest BCUT2D eigenvalue weighted by atomic mass is 31.2. The van der Waals surface area contributed by atoms with Gasteiger partial charge in [-0.05, 0) is 42.2 Å². The van der Waals surface area contributed by atoms with Gasteiger partial charge in [-0.25, -0.2) is 0 Å². The number of nitriles is 1. The van der Waals surface area contributed by atoms with Crippen molar-refractivity contribution in [3.8, 4) is 6.07 Å². The number of rotatable bonds is 9. The van der Waals surface area contributed by atoms with Crippen LogP contribution in [-0.4, -0.2) is 35.7 Å². The van der Waals surface area contributed by atoms with Gasteiger partial charge in [-0.3, -0.25) is 4.79 Å². The Morgan fingerprint density at radius 1 is 0.775 bits per heavy atom. The molecule has 1 saturated heterocycles. The second-order valence-corrected chi connectivity index (χ2v) is 13.4. The van der Waals surface area contributed by atoms with Gasteiger partial charge >= 0.3 is 0 Å². The molecule has 1 fully saturated rings. The Labute approximate surface area is 235 Å². The van der Waals surface area contributed by atoms with E-state index in [0.29, 0.717) is 6.61 Å². The summed E-state index contributed by atoms with van der Waals surface area (Å²) in [5, 5.41) is 13.8. The normalized spacial score (nSPS) is 18.1. The molecular formula is C34H32NO4P. The molecule has 40 heavy (non-hydrogen) atoms. The lowest BCUT2D eigenvalue weighted by atomic mass is 10.1. The predicted octanol–water partition coefficient (Wildman–Crippen LogP) is 4.98. The van der Waals surface area contributed by atoms with E-state index < -0.39 is 24.9 Å². The molecule has 0 radical (unpaired) electrons. The third kappa shape index (κ3) is 5.59. The highest BCUT2D eigenvalue weighted by Gasteiger charge is 2.48. The Bertz CT molecular complexity index is 1430. The zero-order valence-electron chi connectivity index (χ0n) is 22.6. The largest absolute Gasteiger partial charge is 0.374 e. The van der Waals surface area contributed by atoms with Crippen LogP contribution in [0.15, 0.2) is 121 Å². The van der Waals surface area contributed by atoms with Crippen LogP contribution < -0.4 is 15.9 Å². The maximum atomic E-state index is 14.6. The molecule has 1 aliphatic rings. The highest BCUT2D eigenvalue weighted by molar-refractivity contribution is 7.97. The van der Waals surface area contributed by atoms with E-state index in [1.807, 2.05) is 121 Å². The molecule has 1 aliphatic heterocycles. The van der Waals surface area contributed by atoms with Crippen LogP contribution in [0.25, 0.3) is 0 Å². The van der Waals surface area contributed by atoms with Crippen molar-refractivity contribution in [2.75, 3.05) is 6.61 Å². The van der Waals surface area contributed by atoms with Crippen LogP contribution in [0.3, 0.4) is 0 Å². The zero-order valence-corrected chi connectivity index (χ0v) is 23.5. The molecule has 1 heterocycles. The maximum Gasteiger partial charge on any atom is 0.205 e. The molecule has 4 aromatic rings. The second-order valence-electron chi connectivity index (χ2n) is 10.1. The standard InChI is InChI=1S/C34H32NO4P/c1-34(2)38-30(25-37-24-26-15-7-3-8-16-26)33(39-34)32(36)31(23-35)40(27-17-9-4-10-18-27,28-19-11-5-12-20-28)29-21-13-6-14-22-29/h3-22,30,33H,24-25H2,1-2H3/t30-,33-/m1/s1. The minimum atomic E-state index is -2.88. The summed E-state index contributed by atoms with van der Waals surface area (Å²) in [6.45, 7) is 1.21. The fourth-order valence-electron chi connectivity index (χ4n) is 5.27. The lowest BCUT2D eigenvalue weighted by Crippen LogP contribution is -2.42. The number of ether oxygens (including phenoxy) is 3. The van der Waals surface area contributed by atoms with Crippen molar-refractivity contribution in [3.63, 3.8) is 0 Å². The summed E-state index contributed by atoms with van der Waals surface area (Å²) in [4.78, 5) is 14.6. The third-order valence-electron chi connectivity index (χ3n) is 6.94. The van der Waals surface area contributed by atoms with Gasteiger partial charge in [-0.2, -0.15) is 5.26 Å². The van der Waals surface area contributed by atoms with E-state index in [-0.39, 0.29) is 17.7 Å². The zero-order chi connectivity index (χ0) is 28.0. The van der Waals surface area contributed by atoms with E-state index in [1.165, 1.54) is 0 Å². The van der Waals surface area contributed by atoms with Crippen molar-refractivity contribution in [2.45, 2.75) is 38.4 Å². The average Bonchev–Trinajstić information content (AvgIpc) is 3.31. The molecule has 0 spiro atoms. The van der Waals surface area contributed by atoms with Crippen LogP contribution in [0, 0.1) is 11.3 Å². The summed E-state index contributed by atoms with van der Waals surface area (Å²) in [6.07, 6.45) is -1.66. The number of hydrogen-bond donors (Lipinski definition) is 0. The lowest BCUT2D eigenvalue weighted by Gasteiger charge is -2.31. The molecule has 0 aliphatic carbocycles. The summed E-state index contributed by atoms with van der Waals surface area (Å²) in [7, 11) is 0. The summed E-state index contributed by atoms with van der Waals surface area (Å²) in [5.74, 6) is -1.37. The first-order chi connectivity index (χ1) is 19.5. The molecule has 2 atom stereocenters. The number of benzene rings is 4. The van der Waals surface area contributed by atoms with Crippen molar-refractivity contribution in [2.24, 2.45) is 0 Å². The average molecular weight is 550 g/mol. The van der Waals surface area contributed by atoms with Gasteiger partial charge in [0.1, 0.15) is 17.5 Å². The minimum absolute atomic E-state index is 0.154. The highest BCUT2D eigenvalue weighted by Crippen LogP contribution is 2.47. The van der Waals surface area contributed by atoms with Gasteiger partial charge in [0.15, 0.2) is 11.9 Å². The monoisotopic (exact) mass is 549 g/mol. The molecule has 0 bridgehead atoms.